The Kier molecular flexibility index (Phi) is 7.60. The summed E-state index contributed by atoms with van der Waals surface area (Å²) in [6.45, 7) is 1.33. The minimum absolute atomic E-state index is 0.0659. The molecule has 0 spiro atoms. The number of amidine groups is 1. The van der Waals surface area contributed by atoms with Crippen molar-refractivity contribution in [3.63, 3.8) is 0 Å². The number of anilines is 2. The van der Waals surface area contributed by atoms with Crippen molar-refractivity contribution >= 4 is 57.3 Å². The number of ether oxygens (including phenoxy) is 1. The van der Waals surface area contributed by atoms with Crippen LogP contribution in [0.15, 0.2) is 93.4 Å². The number of carbonyl (C=O) groups excluding carboxylic acids is 1. The Balaban J connectivity index is 1.27. The number of hydrogen-bond donors (Lipinski definition) is 4. The van der Waals surface area contributed by atoms with Crippen LogP contribution in [0.5, 0.6) is 5.75 Å². The van der Waals surface area contributed by atoms with Gasteiger partial charge in [0.15, 0.2) is 6.73 Å². The number of aliphatic hydroxyl groups is 1. The lowest BCUT2D eigenvalue weighted by molar-refractivity contribution is 0.0517. The normalized spacial score (nSPS) is 15.2. The molecule has 4 aromatic carbocycles. The lowest BCUT2D eigenvalue weighted by Gasteiger charge is -2.38. The van der Waals surface area contributed by atoms with Gasteiger partial charge in [-0.15, -0.1) is 0 Å². The molecule has 0 fully saturated rings. The van der Waals surface area contributed by atoms with Crippen molar-refractivity contribution in [2.45, 2.75) is 13.3 Å². The van der Waals surface area contributed by atoms with Gasteiger partial charge in [-0.1, -0.05) is 35.3 Å². The zero-order chi connectivity index (χ0) is 31.1. The molecule has 1 atom stereocenters. The Morgan fingerprint density at radius 1 is 0.977 bits per heavy atom. The molecule has 1 unspecified atom stereocenters. The van der Waals surface area contributed by atoms with Gasteiger partial charge in [-0.2, -0.15) is 0 Å². The number of rotatable bonds is 5. The highest BCUT2D eigenvalue weighted by atomic mass is 35.5. The van der Waals surface area contributed by atoms with E-state index in [1.807, 2.05) is 0 Å². The lowest BCUT2D eigenvalue weighted by atomic mass is 10.1. The summed E-state index contributed by atoms with van der Waals surface area (Å²) in [4.78, 5) is 46.3. The van der Waals surface area contributed by atoms with Crippen LogP contribution in [0, 0.1) is 6.92 Å². The number of hydrogen-bond acceptors (Lipinski definition) is 8. The van der Waals surface area contributed by atoms with Gasteiger partial charge in [0.25, 0.3) is 5.56 Å². The van der Waals surface area contributed by atoms with E-state index in [0.29, 0.717) is 38.2 Å². The number of aromatic amines is 1. The number of nitrogens with one attached hydrogen (secondary N) is 2. The zero-order valence-corrected chi connectivity index (χ0v) is 24.4. The highest BCUT2D eigenvalue weighted by Crippen LogP contribution is 2.38. The first-order valence-corrected chi connectivity index (χ1v) is 14.0. The average molecular weight is 632 g/mol. The molecule has 6 rings (SSSR count). The van der Waals surface area contributed by atoms with E-state index in [-0.39, 0.29) is 28.1 Å². The average Bonchev–Trinajstić information content (AvgIpc) is 2.99. The van der Waals surface area contributed by atoms with E-state index in [4.69, 9.17) is 27.9 Å². The van der Waals surface area contributed by atoms with Crippen LogP contribution in [-0.2, 0) is 4.74 Å². The lowest BCUT2D eigenvalue weighted by Crippen LogP contribution is -2.51. The number of fused-ring (bicyclic) bond motifs is 2. The third-order valence-corrected chi connectivity index (χ3v) is 7.62. The number of aliphatic hydroxyl groups excluding tert-OH is 1. The van der Waals surface area contributed by atoms with Crippen molar-refractivity contribution in [2.75, 3.05) is 11.6 Å². The first-order chi connectivity index (χ1) is 21.1. The number of aromatic hydroxyl groups is 1. The van der Waals surface area contributed by atoms with E-state index in [2.05, 4.69) is 15.3 Å². The van der Waals surface area contributed by atoms with Gasteiger partial charge in [-0.3, -0.25) is 19.2 Å². The highest BCUT2D eigenvalue weighted by molar-refractivity contribution is 6.31. The third kappa shape index (κ3) is 5.28. The topological polar surface area (TPSA) is 149 Å². The quantitative estimate of drug-likeness (QED) is 0.206. The summed E-state index contributed by atoms with van der Waals surface area (Å²) < 4.78 is 6.66. The van der Waals surface area contributed by atoms with Crippen molar-refractivity contribution in [3.8, 4) is 11.4 Å². The first kappa shape index (κ1) is 29.0. The van der Waals surface area contributed by atoms with Gasteiger partial charge >= 0.3 is 11.7 Å². The summed E-state index contributed by atoms with van der Waals surface area (Å²) in [6, 6.07) is 20.7. The molecule has 0 aliphatic carbocycles. The van der Waals surface area contributed by atoms with Crippen molar-refractivity contribution in [2.24, 2.45) is 4.99 Å². The second-order valence-corrected chi connectivity index (χ2v) is 10.7. The molecule has 0 amide bonds. The van der Waals surface area contributed by atoms with E-state index in [1.54, 1.807) is 66.4 Å². The summed E-state index contributed by atoms with van der Waals surface area (Å²) in [5.41, 5.74) is 1.66. The van der Waals surface area contributed by atoms with E-state index >= 15 is 0 Å². The van der Waals surface area contributed by atoms with Crippen LogP contribution < -0.4 is 21.5 Å². The summed E-state index contributed by atoms with van der Waals surface area (Å²) in [5, 5.41) is 25.2. The van der Waals surface area contributed by atoms with Gasteiger partial charge in [-0.05, 0) is 73.7 Å². The molecule has 2 heterocycles. The van der Waals surface area contributed by atoms with E-state index < -0.39 is 30.3 Å². The molecule has 13 heteroatoms. The van der Waals surface area contributed by atoms with Gasteiger partial charge in [0.05, 0.1) is 33.5 Å². The van der Waals surface area contributed by atoms with Gasteiger partial charge < -0.3 is 20.3 Å². The van der Waals surface area contributed by atoms with Crippen LogP contribution in [0.1, 0.15) is 21.5 Å². The number of esters is 1. The molecule has 1 aliphatic heterocycles. The van der Waals surface area contributed by atoms with Gasteiger partial charge in [0.1, 0.15) is 11.6 Å². The summed E-state index contributed by atoms with van der Waals surface area (Å²) >= 11 is 12.4. The van der Waals surface area contributed by atoms with E-state index in [9.17, 15) is 24.6 Å². The maximum absolute atomic E-state index is 13.0. The van der Waals surface area contributed by atoms with Crippen LogP contribution in [0.4, 0.5) is 11.4 Å². The standard InChI is InChI=1S/C31H23Cl2N5O6/c1-16-23(6-3-7-26(16)39)38-24-13-18(32)8-10-21(24)27(35-30(38)42)34-15-44-29(41)17-4-2-5-20(12-17)37-25-14-19(33)9-11-22(25)28(40)36-31(37)43/h2-14,30,39,42H,15H2,1H3,(H,34,35)(H,36,40,43). The minimum Gasteiger partial charge on any atom is -0.508 e. The predicted octanol–water partition coefficient (Wildman–Crippen LogP) is 4.58. The third-order valence-electron chi connectivity index (χ3n) is 7.15. The fourth-order valence-electron chi connectivity index (χ4n) is 5.04. The zero-order valence-electron chi connectivity index (χ0n) is 22.9. The molecule has 11 nitrogen and oxygen atoms in total. The first-order valence-electron chi connectivity index (χ1n) is 13.2. The van der Waals surface area contributed by atoms with Crippen LogP contribution in [-0.4, -0.2) is 44.7 Å². The fourth-order valence-corrected chi connectivity index (χ4v) is 5.38. The molecule has 1 aliphatic rings. The molecule has 0 saturated heterocycles. The number of aliphatic imine (C=N–C) groups is 1. The molecule has 0 bridgehead atoms. The van der Waals surface area contributed by atoms with Crippen molar-refractivity contribution < 1.29 is 19.7 Å². The minimum atomic E-state index is -1.29. The van der Waals surface area contributed by atoms with Crippen LogP contribution in [0.3, 0.4) is 0 Å². The molecular formula is C31H23Cl2N5O6. The highest BCUT2D eigenvalue weighted by Gasteiger charge is 2.31. The molecule has 44 heavy (non-hydrogen) atoms. The largest absolute Gasteiger partial charge is 0.508 e. The number of nitrogens with zero attached hydrogens (tertiary/aromatic N) is 3. The Bertz CT molecular complexity index is 2110. The van der Waals surface area contributed by atoms with Gasteiger partial charge in [0, 0.05) is 21.2 Å². The fraction of sp³-hybridized carbons (Fsp3) is 0.0968. The number of aromatic nitrogens is 2. The smallest absolute Gasteiger partial charge is 0.339 e. The summed E-state index contributed by atoms with van der Waals surface area (Å²) in [7, 11) is 0. The van der Waals surface area contributed by atoms with Crippen LogP contribution >= 0.6 is 23.2 Å². The Hall–Kier alpha value is -5.10. The predicted molar refractivity (Wildman–Crippen MR) is 168 cm³/mol. The van der Waals surface area contributed by atoms with Crippen molar-refractivity contribution in [1.29, 1.82) is 0 Å². The number of phenolic OH excluding ortho intramolecular Hbond substituents is 1. The number of carbonyl (C=O) groups is 1. The summed E-state index contributed by atoms with van der Waals surface area (Å²) in [5.74, 6) is -0.403. The van der Waals surface area contributed by atoms with Crippen LogP contribution in [0.2, 0.25) is 10.0 Å². The second kappa shape index (κ2) is 11.5. The number of halogens is 2. The Morgan fingerprint density at radius 2 is 1.73 bits per heavy atom. The number of phenols is 1. The Labute approximate surface area is 259 Å². The monoisotopic (exact) mass is 631 g/mol. The van der Waals surface area contributed by atoms with Crippen molar-refractivity contribution in [1.82, 2.24) is 14.9 Å². The molecule has 1 aromatic heterocycles. The molecule has 4 N–H and O–H groups in total. The van der Waals surface area contributed by atoms with E-state index in [1.165, 1.54) is 28.8 Å². The van der Waals surface area contributed by atoms with Gasteiger partial charge in [-0.25, -0.2) is 14.6 Å². The van der Waals surface area contributed by atoms with Crippen molar-refractivity contribution in [3.05, 3.63) is 126 Å². The molecule has 222 valence electrons. The SMILES string of the molecule is Cc1c(O)cccc1N1c2cc(Cl)ccc2C(=NCOC(=O)c2cccc(-n3c(=O)[nH]c(=O)c4ccc(Cl)cc43)c2)NC1O. The Morgan fingerprint density at radius 3 is 2.55 bits per heavy atom. The summed E-state index contributed by atoms with van der Waals surface area (Å²) in [6.07, 6.45) is -1.29. The molecule has 5 aromatic rings. The number of benzene rings is 4. The molecule has 0 saturated carbocycles. The van der Waals surface area contributed by atoms with E-state index in [0.717, 1.165) is 0 Å². The van der Waals surface area contributed by atoms with Gasteiger partial charge in [0.2, 0.25) is 6.35 Å². The molecular weight excluding hydrogens is 609 g/mol. The number of H-pyrrole nitrogens is 1. The van der Waals surface area contributed by atoms with Crippen LogP contribution in [0.25, 0.3) is 16.6 Å². The maximum Gasteiger partial charge on any atom is 0.339 e. The second-order valence-electron chi connectivity index (χ2n) is 9.84. The molecule has 0 radical (unpaired) electrons. The maximum atomic E-state index is 13.0.